The second kappa shape index (κ2) is 15.3. The standard InChI is InChI=1S/C37H38N8O5/c38-28(17-25-20-39-21-42-25)34(46)43-31(15-23-18-40-29-12-6-4-10-26(23)29)35(47)44-32(16-24-19-41-30-13-7-5-11-27(24)30)36(48)45-33(37(49)50)14-22-8-2-1-3-9-22/h1-13,18-21,28,31-33,40-41H,14-17,38H2,(H,39,42)(H,43,46)(H,44,47)(H,45,48)(H,49,50). The van der Waals surface area contributed by atoms with Crippen LogP contribution < -0.4 is 21.7 Å². The summed E-state index contributed by atoms with van der Waals surface area (Å²) in [5, 5.41) is 20.0. The van der Waals surface area contributed by atoms with Gasteiger partial charge in [-0.25, -0.2) is 9.78 Å². The maximum Gasteiger partial charge on any atom is 0.326 e. The molecule has 13 heteroatoms. The Morgan fingerprint density at radius 3 is 1.70 bits per heavy atom. The van der Waals surface area contributed by atoms with E-state index in [1.54, 1.807) is 42.9 Å². The van der Waals surface area contributed by atoms with Crippen molar-refractivity contribution in [2.24, 2.45) is 5.73 Å². The Kier molecular flexibility index (Phi) is 10.3. The van der Waals surface area contributed by atoms with Gasteiger partial charge in [-0.05, 0) is 28.8 Å². The summed E-state index contributed by atoms with van der Waals surface area (Å²) in [4.78, 5) is 67.1. The van der Waals surface area contributed by atoms with Gasteiger partial charge in [0.15, 0.2) is 0 Å². The van der Waals surface area contributed by atoms with Gasteiger partial charge in [-0.1, -0.05) is 66.7 Å². The fourth-order valence-corrected chi connectivity index (χ4v) is 6.06. The largest absolute Gasteiger partial charge is 0.480 e. The van der Waals surface area contributed by atoms with E-state index in [4.69, 9.17) is 5.73 Å². The number of nitrogens with two attached hydrogens (primary N) is 1. The minimum absolute atomic E-state index is 0.0448. The molecule has 9 N–H and O–H groups in total. The first-order chi connectivity index (χ1) is 24.2. The summed E-state index contributed by atoms with van der Waals surface area (Å²) in [6.45, 7) is 0. The highest BCUT2D eigenvalue weighted by atomic mass is 16.4. The number of carboxylic acid groups (broad SMARTS) is 1. The first-order valence-corrected chi connectivity index (χ1v) is 16.3. The molecule has 0 radical (unpaired) electrons. The Bertz CT molecular complexity index is 2090. The second-order valence-corrected chi connectivity index (χ2v) is 12.2. The SMILES string of the molecule is NC(Cc1cnc[nH]1)C(=O)NC(Cc1c[nH]c2ccccc12)C(=O)NC(Cc1c[nH]c2ccccc12)C(=O)NC(Cc1ccccc1)C(=O)O. The van der Waals surface area contributed by atoms with Crippen molar-refractivity contribution in [2.75, 3.05) is 0 Å². The molecule has 3 amide bonds. The van der Waals surface area contributed by atoms with Gasteiger partial charge in [0.1, 0.15) is 18.1 Å². The summed E-state index contributed by atoms with van der Waals surface area (Å²) in [6, 6.07) is 19.5. The van der Waals surface area contributed by atoms with Crippen LogP contribution in [0.15, 0.2) is 104 Å². The number of carbonyl (C=O) groups is 4. The van der Waals surface area contributed by atoms with Crippen LogP contribution in [0.2, 0.25) is 0 Å². The smallest absolute Gasteiger partial charge is 0.326 e. The number of nitrogens with one attached hydrogen (secondary N) is 6. The number of carboxylic acids is 1. The van der Waals surface area contributed by atoms with Gasteiger partial charge < -0.3 is 41.7 Å². The summed E-state index contributed by atoms with van der Waals surface area (Å²) in [5.74, 6) is -3.09. The van der Waals surface area contributed by atoms with Crippen LogP contribution in [0.1, 0.15) is 22.4 Å². The lowest BCUT2D eigenvalue weighted by molar-refractivity contribution is -0.142. The molecule has 3 heterocycles. The molecular weight excluding hydrogens is 636 g/mol. The fourth-order valence-electron chi connectivity index (χ4n) is 6.06. The van der Waals surface area contributed by atoms with E-state index < -0.39 is 47.9 Å². The van der Waals surface area contributed by atoms with Crippen molar-refractivity contribution in [1.29, 1.82) is 0 Å². The maximum absolute atomic E-state index is 14.2. The molecule has 0 fully saturated rings. The van der Waals surface area contributed by atoms with Gasteiger partial charge in [-0.15, -0.1) is 0 Å². The molecule has 256 valence electrons. The predicted molar refractivity (Wildman–Crippen MR) is 188 cm³/mol. The number of aromatic nitrogens is 4. The number of benzene rings is 3. The Hall–Kier alpha value is -6.21. The zero-order valence-electron chi connectivity index (χ0n) is 27.1. The minimum Gasteiger partial charge on any atom is -0.480 e. The molecule has 0 aliphatic rings. The van der Waals surface area contributed by atoms with E-state index in [0.29, 0.717) is 5.69 Å². The number of hydrogen-bond donors (Lipinski definition) is 8. The van der Waals surface area contributed by atoms with Crippen molar-refractivity contribution in [3.8, 4) is 0 Å². The number of amides is 3. The third-order valence-corrected chi connectivity index (χ3v) is 8.69. The summed E-state index contributed by atoms with van der Waals surface area (Å²) in [5.41, 5.74) is 10.8. The van der Waals surface area contributed by atoms with Crippen LogP contribution >= 0.6 is 0 Å². The minimum atomic E-state index is -1.26. The molecule has 0 bridgehead atoms. The molecule has 3 aromatic carbocycles. The molecule has 0 saturated heterocycles. The molecular formula is C37H38N8O5. The molecule has 0 aliphatic heterocycles. The zero-order chi connectivity index (χ0) is 35.0. The Balaban J connectivity index is 1.27. The van der Waals surface area contributed by atoms with E-state index in [-0.39, 0.29) is 25.7 Å². The average molecular weight is 675 g/mol. The number of nitrogens with zero attached hydrogens (tertiary/aromatic N) is 1. The number of carbonyl (C=O) groups excluding carboxylic acids is 3. The van der Waals surface area contributed by atoms with Gasteiger partial charge in [0.2, 0.25) is 17.7 Å². The average Bonchev–Trinajstić information content (AvgIpc) is 3.89. The highest BCUT2D eigenvalue weighted by Gasteiger charge is 2.32. The topological polar surface area (TPSA) is 211 Å². The first-order valence-electron chi connectivity index (χ1n) is 16.3. The van der Waals surface area contributed by atoms with Crippen LogP contribution in [0, 0.1) is 0 Å². The number of rotatable bonds is 15. The van der Waals surface area contributed by atoms with Crippen molar-refractivity contribution >= 4 is 45.5 Å². The Labute approximate surface area is 287 Å². The van der Waals surface area contributed by atoms with Gasteiger partial charge in [0.25, 0.3) is 0 Å². The maximum atomic E-state index is 14.2. The molecule has 13 nitrogen and oxygen atoms in total. The van der Waals surface area contributed by atoms with E-state index in [9.17, 15) is 24.3 Å². The molecule has 0 spiro atoms. The van der Waals surface area contributed by atoms with Crippen molar-refractivity contribution < 1.29 is 24.3 Å². The fraction of sp³-hybridized carbons (Fsp3) is 0.216. The highest BCUT2D eigenvalue weighted by Crippen LogP contribution is 2.21. The van der Waals surface area contributed by atoms with Crippen LogP contribution in [-0.2, 0) is 44.9 Å². The van der Waals surface area contributed by atoms with Crippen molar-refractivity contribution in [1.82, 2.24) is 35.9 Å². The molecule has 0 aliphatic carbocycles. The van der Waals surface area contributed by atoms with Crippen LogP contribution in [0.5, 0.6) is 0 Å². The van der Waals surface area contributed by atoms with Crippen LogP contribution in [-0.4, -0.2) is 72.9 Å². The van der Waals surface area contributed by atoms with Gasteiger partial charge in [-0.3, -0.25) is 14.4 Å². The van der Waals surface area contributed by atoms with E-state index >= 15 is 0 Å². The summed E-state index contributed by atoms with van der Waals surface area (Å²) < 4.78 is 0. The van der Waals surface area contributed by atoms with Crippen molar-refractivity contribution in [2.45, 2.75) is 49.9 Å². The van der Waals surface area contributed by atoms with Crippen LogP contribution in [0.25, 0.3) is 21.8 Å². The summed E-state index contributed by atoms with van der Waals surface area (Å²) in [7, 11) is 0. The number of para-hydroxylation sites is 2. The number of fused-ring (bicyclic) bond motifs is 2. The predicted octanol–water partition coefficient (Wildman–Crippen LogP) is 2.51. The molecule has 6 aromatic rings. The molecule has 50 heavy (non-hydrogen) atoms. The van der Waals surface area contributed by atoms with E-state index in [0.717, 1.165) is 38.5 Å². The quantitative estimate of drug-likeness (QED) is 0.0815. The Morgan fingerprint density at radius 2 is 1.16 bits per heavy atom. The van der Waals surface area contributed by atoms with E-state index in [1.807, 2.05) is 54.6 Å². The molecule has 0 saturated carbocycles. The lowest BCUT2D eigenvalue weighted by atomic mass is 10.0. The zero-order valence-corrected chi connectivity index (χ0v) is 27.1. The van der Waals surface area contributed by atoms with Gasteiger partial charge in [0.05, 0.1) is 12.4 Å². The highest BCUT2D eigenvalue weighted by molar-refractivity contribution is 5.95. The van der Waals surface area contributed by atoms with Crippen LogP contribution in [0.3, 0.4) is 0 Å². The molecule has 6 rings (SSSR count). The van der Waals surface area contributed by atoms with Gasteiger partial charge in [-0.2, -0.15) is 0 Å². The monoisotopic (exact) mass is 674 g/mol. The van der Waals surface area contributed by atoms with Crippen molar-refractivity contribution in [3.63, 3.8) is 0 Å². The Morgan fingerprint density at radius 1 is 0.640 bits per heavy atom. The number of imidazole rings is 1. The number of aliphatic carboxylic acids is 1. The molecule has 4 unspecified atom stereocenters. The number of aromatic amines is 3. The van der Waals surface area contributed by atoms with Crippen LogP contribution in [0.4, 0.5) is 0 Å². The number of hydrogen-bond acceptors (Lipinski definition) is 6. The van der Waals surface area contributed by atoms with Crippen molar-refractivity contribution in [3.05, 3.63) is 126 Å². The third kappa shape index (κ3) is 8.08. The molecule has 3 aromatic heterocycles. The number of H-pyrrole nitrogens is 3. The van der Waals surface area contributed by atoms with Gasteiger partial charge in [0, 0.05) is 71.8 Å². The second-order valence-electron chi connectivity index (χ2n) is 12.2. The summed E-state index contributed by atoms with van der Waals surface area (Å²) >= 11 is 0. The van der Waals surface area contributed by atoms with E-state index in [1.165, 1.54) is 6.33 Å². The lowest BCUT2D eigenvalue weighted by Gasteiger charge is -2.25. The normalized spacial score (nSPS) is 13.7. The first kappa shape index (κ1) is 33.7. The van der Waals surface area contributed by atoms with Gasteiger partial charge >= 0.3 is 5.97 Å². The molecule has 4 atom stereocenters. The summed E-state index contributed by atoms with van der Waals surface area (Å²) in [6.07, 6.45) is 6.94. The lowest BCUT2D eigenvalue weighted by Crippen LogP contribution is -2.58. The van der Waals surface area contributed by atoms with E-state index in [2.05, 4.69) is 35.9 Å². The third-order valence-electron chi connectivity index (χ3n) is 8.69.